The molecule has 2 nitrogen and oxygen atoms in total. The Morgan fingerprint density at radius 3 is 1.30 bits per heavy atom. The lowest BCUT2D eigenvalue weighted by atomic mass is 9.67. The standard InChI is InChI=1S/C13H20O.C13H22S.C9H14O.3C2H6/c14-13-11-7-3-1-5-9(11)10-6-2-4-8-12(10)13;1-3-7-12-10(5-1)9-11-6-2-4-8-13(11)14-12;1-6-2-8-4-7(1)5-9(3-6)10-8;3*1-2/h9-12H,1-8H2;10-13H,1-9H2;6-9H,1-5H2;3*1-2H3. The topological polar surface area (TPSA) is 26.3 Å². The average Bonchev–Trinajstić information content (AvgIpc) is 3.38. The smallest absolute Gasteiger partial charge is 0.139 e. The molecule has 0 aromatic rings. The molecule has 10 rings (SSSR count). The van der Waals surface area contributed by atoms with E-state index in [9.17, 15) is 4.79 Å². The number of carbonyl (C=O) groups excluding carboxylic acids is 1. The molecule has 3 aliphatic heterocycles. The predicted molar refractivity (Wildman–Crippen MR) is 192 cm³/mol. The molecule has 3 heterocycles. The van der Waals surface area contributed by atoms with Crippen molar-refractivity contribution in [3.8, 4) is 0 Å². The summed E-state index contributed by atoms with van der Waals surface area (Å²) in [6.07, 6.45) is 32.8. The van der Waals surface area contributed by atoms with Gasteiger partial charge in [0.25, 0.3) is 0 Å². The highest BCUT2D eigenvalue weighted by atomic mass is 32.2. The Labute approximate surface area is 279 Å². The molecular weight excluding hydrogens is 557 g/mol. The maximum absolute atomic E-state index is 12.2. The molecule has 10 fully saturated rings. The zero-order valence-electron chi connectivity index (χ0n) is 30.2. The third-order valence-electron chi connectivity index (χ3n) is 13.0. The number of Topliss-reactive ketones (excluding diaryl/α,β-unsaturated/α-hetero) is 1. The summed E-state index contributed by atoms with van der Waals surface area (Å²) in [5.41, 5.74) is 0. The summed E-state index contributed by atoms with van der Waals surface area (Å²) >= 11 is 2.40. The Morgan fingerprint density at radius 1 is 0.477 bits per heavy atom. The molecule has 7 saturated carbocycles. The Bertz CT molecular complexity index is 688. The van der Waals surface area contributed by atoms with Crippen LogP contribution < -0.4 is 0 Å². The first-order valence-corrected chi connectivity index (χ1v) is 21.5. The molecule has 7 aliphatic carbocycles. The molecule has 8 unspecified atom stereocenters. The van der Waals surface area contributed by atoms with Crippen LogP contribution in [0.2, 0.25) is 0 Å². The number of carbonyl (C=O) groups is 1. The van der Waals surface area contributed by atoms with Gasteiger partial charge in [-0.2, -0.15) is 11.8 Å². The minimum Gasteiger partial charge on any atom is -0.375 e. The quantitative estimate of drug-likeness (QED) is 0.266. The molecule has 0 spiro atoms. The molecule has 4 bridgehead atoms. The van der Waals surface area contributed by atoms with E-state index < -0.39 is 0 Å². The molecule has 3 saturated heterocycles. The van der Waals surface area contributed by atoms with E-state index in [0.717, 1.165) is 46.0 Å². The SMILES string of the molecule is C1C2CC3CC1CC(C2)O3.C1CCC2SC3CCCCC3CC2C1.CC.CC.CC.O=C1C2CCCCC2C2CCCCC12. The zero-order chi connectivity index (χ0) is 31.5. The highest BCUT2D eigenvalue weighted by Gasteiger charge is 2.50. The monoisotopic (exact) mass is 631 g/mol. The van der Waals surface area contributed by atoms with Crippen LogP contribution in [0.15, 0.2) is 0 Å². The number of rotatable bonds is 0. The molecule has 0 N–H and O–H groups in total. The first kappa shape index (κ1) is 36.8. The van der Waals surface area contributed by atoms with E-state index in [0.29, 0.717) is 29.8 Å². The number of thioether (sulfide) groups is 1. The number of hydrogen-bond acceptors (Lipinski definition) is 3. The van der Waals surface area contributed by atoms with Crippen LogP contribution in [0.4, 0.5) is 0 Å². The van der Waals surface area contributed by atoms with Gasteiger partial charge in [-0.05, 0) is 125 Å². The van der Waals surface area contributed by atoms with Crippen molar-refractivity contribution in [2.45, 2.75) is 206 Å². The Balaban J connectivity index is 0.000000140. The molecular formula is C41H74O2S. The third kappa shape index (κ3) is 9.11. The normalized spacial score (nSPS) is 43.8. The van der Waals surface area contributed by atoms with Gasteiger partial charge >= 0.3 is 0 Å². The van der Waals surface area contributed by atoms with Gasteiger partial charge in [0.15, 0.2) is 0 Å². The van der Waals surface area contributed by atoms with Crippen LogP contribution in [0.3, 0.4) is 0 Å². The minimum absolute atomic E-state index is 0.497. The molecule has 10 aliphatic rings. The van der Waals surface area contributed by atoms with Crippen molar-refractivity contribution < 1.29 is 9.53 Å². The van der Waals surface area contributed by atoms with E-state index in [1.165, 1.54) is 109 Å². The van der Waals surface area contributed by atoms with E-state index in [1.54, 1.807) is 32.1 Å². The summed E-state index contributed by atoms with van der Waals surface area (Å²) in [4.78, 5) is 12.2. The van der Waals surface area contributed by atoms with Crippen molar-refractivity contribution in [3.63, 3.8) is 0 Å². The molecule has 0 aromatic carbocycles. The van der Waals surface area contributed by atoms with Crippen molar-refractivity contribution in [2.24, 2.45) is 47.3 Å². The van der Waals surface area contributed by atoms with E-state index in [1.807, 2.05) is 41.5 Å². The zero-order valence-corrected chi connectivity index (χ0v) is 31.0. The molecule has 0 amide bonds. The summed E-state index contributed by atoms with van der Waals surface area (Å²) in [5.74, 6) is 7.62. The summed E-state index contributed by atoms with van der Waals surface area (Å²) in [6.45, 7) is 12.0. The maximum Gasteiger partial charge on any atom is 0.139 e. The Morgan fingerprint density at radius 2 is 0.864 bits per heavy atom. The van der Waals surface area contributed by atoms with Crippen molar-refractivity contribution in [1.82, 2.24) is 0 Å². The summed E-state index contributed by atoms with van der Waals surface area (Å²) < 4.78 is 5.82. The molecule has 8 atom stereocenters. The Kier molecular flexibility index (Phi) is 16.0. The highest BCUT2D eigenvalue weighted by molar-refractivity contribution is 8.00. The van der Waals surface area contributed by atoms with Crippen LogP contribution in [-0.4, -0.2) is 28.5 Å². The molecule has 256 valence electrons. The van der Waals surface area contributed by atoms with Crippen molar-refractivity contribution in [1.29, 1.82) is 0 Å². The van der Waals surface area contributed by atoms with Gasteiger partial charge in [-0.1, -0.05) is 92.9 Å². The van der Waals surface area contributed by atoms with Gasteiger partial charge < -0.3 is 4.74 Å². The number of hydrogen-bond donors (Lipinski definition) is 0. The number of ether oxygens (including phenoxy) is 1. The number of fused-ring (bicyclic) bond motifs is 5. The Hall–Kier alpha value is -0.0200. The van der Waals surface area contributed by atoms with E-state index in [2.05, 4.69) is 11.8 Å². The van der Waals surface area contributed by atoms with Crippen LogP contribution in [0.25, 0.3) is 0 Å². The average molecular weight is 631 g/mol. The van der Waals surface area contributed by atoms with Crippen LogP contribution >= 0.6 is 11.8 Å². The molecule has 44 heavy (non-hydrogen) atoms. The minimum atomic E-state index is 0.497. The fourth-order valence-electron chi connectivity index (χ4n) is 11.4. The lowest BCUT2D eigenvalue weighted by Gasteiger charge is -2.49. The molecule has 0 aromatic heterocycles. The van der Waals surface area contributed by atoms with E-state index in [4.69, 9.17) is 4.74 Å². The third-order valence-corrected chi connectivity index (χ3v) is 14.9. The van der Waals surface area contributed by atoms with Crippen molar-refractivity contribution in [2.75, 3.05) is 0 Å². The van der Waals surface area contributed by atoms with Crippen LogP contribution in [0.1, 0.15) is 183 Å². The van der Waals surface area contributed by atoms with Gasteiger partial charge in [0.05, 0.1) is 12.2 Å². The molecule has 3 heteroatoms. The lowest BCUT2D eigenvalue weighted by molar-refractivity contribution is -0.154. The van der Waals surface area contributed by atoms with Crippen LogP contribution in [0.5, 0.6) is 0 Å². The largest absolute Gasteiger partial charge is 0.375 e. The molecule has 0 radical (unpaired) electrons. The van der Waals surface area contributed by atoms with Crippen molar-refractivity contribution in [3.05, 3.63) is 0 Å². The second-order valence-corrected chi connectivity index (χ2v) is 16.8. The maximum atomic E-state index is 12.2. The highest BCUT2D eigenvalue weighted by Crippen LogP contribution is 2.53. The fourth-order valence-corrected chi connectivity index (χ4v) is 13.4. The van der Waals surface area contributed by atoms with Gasteiger partial charge in [0.1, 0.15) is 5.78 Å². The van der Waals surface area contributed by atoms with Gasteiger partial charge in [0, 0.05) is 22.3 Å². The summed E-state index contributed by atoms with van der Waals surface area (Å²) in [6, 6.07) is 0. The second-order valence-electron chi connectivity index (χ2n) is 15.3. The summed E-state index contributed by atoms with van der Waals surface area (Å²) in [7, 11) is 0. The summed E-state index contributed by atoms with van der Waals surface area (Å²) in [5, 5.41) is 2.14. The van der Waals surface area contributed by atoms with Gasteiger partial charge in [-0.25, -0.2) is 0 Å². The van der Waals surface area contributed by atoms with Crippen molar-refractivity contribution >= 4 is 17.5 Å². The van der Waals surface area contributed by atoms with Gasteiger partial charge in [-0.15, -0.1) is 0 Å². The first-order valence-electron chi connectivity index (χ1n) is 20.6. The van der Waals surface area contributed by atoms with Gasteiger partial charge in [-0.3, -0.25) is 4.79 Å². The van der Waals surface area contributed by atoms with Gasteiger partial charge in [0.2, 0.25) is 0 Å². The van der Waals surface area contributed by atoms with Crippen LogP contribution in [-0.2, 0) is 9.53 Å². The first-order chi connectivity index (χ1) is 21.7. The van der Waals surface area contributed by atoms with E-state index >= 15 is 0 Å². The lowest BCUT2D eigenvalue weighted by Crippen LogP contribution is -2.45. The number of ketones is 1. The second kappa shape index (κ2) is 19.1. The predicted octanol–water partition coefficient (Wildman–Crippen LogP) is 12.5. The fraction of sp³-hybridized carbons (Fsp3) is 0.976. The van der Waals surface area contributed by atoms with Crippen LogP contribution in [0, 0.1) is 47.3 Å². The van der Waals surface area contributed by atoms with E-state index in [-0.39, 0.29) is 0 Å².